The molecule has 1 fully saturated rings. The molecule has 0 spiro atoms. The summed E-state index contributed by atoms with van der Waals surface area (Å²) < 4.78 is 0. The van der Waals surface area contributed by atoms with Crippen LogP contribution < -0.4 is 5.32 Å². The lowest BCUT2D eigenvalue weighted by molar-refractivity contribution is 0.176. The van der Waals surface area contributed by atoms with Crippen LogP contribution >= 0.6 is 0 Å². The molecule has 0 aromatic heterocycles. The third-order valence-electron chi connectivity index (χ3n) is 4.21. The van der Waals surface area contributed by atoms with Crippen LogP contribution in [0.15, 0.2) is 0 Å². The molecule has 2 nitrogen and oxygen atoms in total. The van der Waals surface area contributed by atoms with Gasteiger partial charge in [-0.05, 0) is 37.3 Å². The second-order valence-electron chi connectivity index (χ2n) is 5.74. The van der Waals surface area contributed by atoms with Gasteiger partial charge in [0.2, 0.25) is 0 Å². The fourth-order valence-corrected chi connectivity index (χ4v) is 2.65. The molecule has 0 aliphatic carbocycles. The summed E-state index contributed by atoms with van der Waals surface area (Å²) in [7, 11) is 0. The van der Waals surface area contributed by atoms with E-state index in [4.69, 9.17) is 0 Å². The van der Waals surface area contributed by atoms with E-state index in [9.17, 15) is 0 Å². The molecule has 1 aliphatic heterocycles. The SMILES string of the molecule is CCNCC(C)(CC)CN1CCC(CC)C1. The molecule has 1 aliphatic rings. The Labute approximate surface area is 102 Å². The molecule has 2 atom stereocenters. The summed E-state index contributed by atoms with van der Waals surface area (Å²) in [5, 5.41) is 3.51. The summed E-state index contributed by atoms with van der Waals surface area (Å²) in [6.07, 6.45) is 4.04. The number of likely N-dealkylation sites (tertiary alicyclic amines) is 1. The van der Waals surface area contributed by atoms with Gasteiger partial charge in [-0.3, -0.25) is 0 Å². The Kier molecular flexibility index (Phi) is 5.77. The molecule has 0 amide bonds. The Hall–Kier alpha value is -0.0800. The van der Waals surface area contributed by atoms with Crippen LogP contribution in [0.4, 0.5) is 0 Å². The van der Waals surface area contributed by atoms with Gasteiger partial charge < -0.3 is 10.2 Å². The maximum Gasteiger partial charge on any atom is 0.00475 e. The molecule has 0 aromatic rings. The van der Waals surface area contributed by atoms with E-state index in [0.717, 1.165) is 19.0 Å². The van der Waals surface area contributed by atoms with Gasteiger partial charge in [0.05, 0.1) is 0 Å². The quantitative estimate of drug-likeness (QED) is 0.718. The maximum atomic E-state index is 3.51. The molecule has 0 saturated carbocycles. The zero-order valence-corrected chi connectivity index (χ0v) is 11.7. The Bertz CT molecular complexity index is 193. The van der Waals surface area contributed by atoms with E-state index in [-0.39, 0.29) is 0 Å². The lowest BCUT2D eigenvalue weighted by Crippen LogP contribution is -2.41. The third kappa shape index (κ3) is 4.06. The van der Waals surface area contributed by atoms with Crippen molar-refractivity contribution in [2.24, 2.45) is 11.3 Å². The average Bonchev–Trinajstić information content (AvgIpc) is 2.74. The van der Waals surface area contributed by atoms with Crippen LogP contribution in [-0.4, -0.2) is 37.6 Å². The summed E-state index contributed by atoms with van der Waals surface area (Å²) in [6, 6.07) is 0. The zero-order chi connectivity index (χ0) is 12.0. The minimum atomic E-state index is 0.457. The Morgan fingerprint density at radius 2 is 2.06 bits per heavy atom. The van der Waals surface area contributed by atoms with Gasteiger partial charge >= 0.3 is 0 Å². The van der Waals surface area contributed by atoms with Crippen molar-refractivity contribution >= 4 is 0 Å². The smallest absolute Gasteiger partial charge is 0.00475 e. The minimum Gasteiger partial charge on any atom is -0.316 e. The van der Waals surface area contributed by atoms with Crippen molar-refractivity contribution in [3.8, 4) is 0 Å². The van der Waals surface area contributed by atoms with E-state index >= 15 is 0 Å². The van der Waals surface area contributed by atoms with E-state index in [1.54, 1.807) is 0 Å². The fourth-order valence-electron chi connectivity index (χ4n) is 2.65. The van der Waals surface area contributed by atoms with Crippen molar-refractivity contribution in [1.82, 2.24) is 10.2 Å². The minimum absolute atomic E-state index is 0.457. The highest BCUT2D eigenvalue weighted by Gasteiger charge is 2.29. The molecule has 0 aromatic carbocycles. The molecular formula is C14H30N2. The van der Waals surface area contributed by atoms with Crippen molar-refractivity contribution < 1.29 is 0 Å². The van der Waals surface area contributed by atoms with Crippen molar-refractivity contribution in [1.29, 1.82) is 0 Å². The highest BCUT2D eigenvalue weighted by Crippen LogP contribution is 2.26. The first-order valence-corrected chi connectivity index (χ1v) is 7.06. The van der Waals surface area contributed by atoms with Gasteiger partial charge in [-0.1, -0.05) is 34.1 Å². The van der Waals surface area contributed by atoms with Crippen LogP contribution in [0, 0.1) is 11.3 Å². The fraction of sp³-hybridized carbons (Fsp3) is 1.00. The van der Waals surface area contributed by atoms with Crippen molar-refractivity contribution in [2.75, 3.05) is 32.7 Å². The average molecular weight is 226 g/mol. The second kappa shape index (κ2) is 6.61. The molecule has 1 rings (SSSR count). The number of hydrogen-bond acceptors (Lipinski definition) is 2. The van der Waals surface area contributed by atoms with Gasteiger partial charge in [-0.2, -0.15) is 0 Å². The third-order valence-corrected chi connectivity index (χ3v) is 4.21. The molecule has 2 heteroatoms. The summed E-state index contributed by atoms with van der Waals surface area (Å²) in [6.45, 7) is 15.4. The summed E-state index contributed by atoms with van der Waals surface area (Å²) >= 11 is 0. The molecule has 16 heavy (non-hydrogen) atoms. The standard InChI is InChI=1S/C14H30N2/c1-5-13-8-9-16(10-13)12-14(4,6-2)11-15-7-3/h13,15H,5-12H2,1-4H3. The van der Waals surface area contributed by atoms with Crippen molar-refractivity contribution in [2.45, 2.75) is 47.0 Å². The maximum absolute atomic E-state index is 3.51. The van der Waals surface area contributed by atoms with Crippen molar-refractivity contribution in [3.63, 3.8) is 0 Å². The first kappa shape index (κ1) is 14.0. The number of nitrogens with one attached hydrogen (secondary N) is 1. The highest BCUT2D eigenvalue weighted by molar-refractivity contribution is 4.83. The summed E-state index contributed by atoms with van der Waals surface area (Å²) in [5.41, 5.74) is 0.457. The molecule has 2 unspecified atom stereocenters. The normalized spacial score (nSPS) is 25.9. The first-order chi connectivity index (χ1) is 7.63. The van der Waals surface area contributed by atoms with Crippen LogP contribution in [0.3, 0.4) is 0 Å². The van der Waals surface area contributed by atoms with Crippen LogP contribution in [0.25, 0.3) is 0 Å². The number of rotatable bonds is 7. The van der Waals surface area contributed by atoms with Crippen LogP contribution in [-0.2, 0) is 0 Å². The predicted molar refractivity (Wildman–Crippen MR) is 71.8 cm³/mol. The molecular weight excluding hydrogens is 196 g/mol. The zero-order valence-electron chi connectivity index (χ0n) is 11.7. The molecule has 96 valence electrons. The monoisotopic (exact) mass is 226 g/mol. The Balaban J connectivity index is 2.37. The van der Waals surface area contributed by atoms with Crippen LogP contribution in [0.2, 0.25) is 0 Å². The molecule has 0 radical (unpaired) electrons. The van der Waals surface area contributed by atoms with Gasteiger partial charge in [0, 0.05) is 19.6 Å². The molecule has 1 heterocycles. The predicted octanol–water partition coefficient (Wildman–Crippen LogP) is 2.74. The Morgan fingerprint density at radius 3 is 2.56 bits per heavy atom. The van der Waals surface area contributed by atoms with E-state index in [1.165, 1.54) is 38.9 Å². The topological polar surface area (TPSA) is 15.3 Å². The lowest BCUT2D eigenvalue weighted by Gasteiger charge is -2.33. The second-order valence-corrected chi connectivity index (χ2v) is 5.74. The van der Waals surface area contributed by atoms with Gasteiger partial charge in [0.1, 0.15) is 0 Å². The van der Waals surface area contributed by atoms with E-state index < -0.39 is 0 Å². The van der Waals surface area contributed by atoms with Gasteiger partial charge in [-0.15, -0.1) is 0 Å². The van der Waals surface area contributed by atoms with E-state index in [1.807, 2.05) is 0 Å². The molecule has 1 saturated heterocycles. The van der Waals surface area contributed by atoms with Gasteiger partial charge in [0.25, 0.3) is 0 Å². The Morgan fingerprint density at radius 1 is 1.31 bits per heavy atom. The molecule has 0 bridgehead atoms. The van der Waals surface area contributed by atoms with Crippen molar-refractivity contribution in [3.05, 3.63) is 0 Å². The summed E-state index contributed by atoms with van der Waals surface area (Å²) in [5.74, 6) is 0.959. The highest BCUT2D eigenvalue weighted by atomic mass is 15.2. The lowest BCUT2D eigenvalue weighted by atomic mass is 9.87. The number of nitrogens with zero attached hydrogens (tertiary/aromatic N) is 1. The number of hydrogen-bond donors (Lipinski definition) is 1. The molecule has 1 N–H and O–H groups in total. The van der Waals surface area contributed by atoms with E-state index in [2.05, 4.69) is 37.9 Å². The van der Waals surface area contributed by atoms with Gasteiger partial charge in [-0.25, -0.2) is 0 Å². The van der Waals surface area contributed by atoms with Gasteiger partial charge in [0.15, 0.2) is 0 Å². The summed E-state index contributed by atoms with van der Waals surface area (Å²) in [4.78, 5) is 2.68. The van der Waals surface area contributed by atoms with E-state index in [0.29, 0.717) is 5.41 Å². The van der Waals surface area contributed by atoms with Crippen LogP contribution in [0.1, 0.15) is 47.0 Å². The largest absolute Gasteiger partial charge is 0.316 e. The first-order valence-electron chi connectivity index (χ1n) is 7.06. The van der Waals surface area contributed by atoms with Crippen LogP contribution in [0.5, 0.6) is 0 Å².